The maximum atomic E-state index is 13.4. The minimum Gasteiger partial charge on any atom is -0.508 e. The van der Waals surface area contributed by atoms with E-state index in [4.69, 9.17) is 17.0 Å². The molecule has 1 fully saturated rings. The van der Waals surface area contributed by atoms with Crippen LogP contribution in [0.3, 0.4) is 0 Å². The molecule has 26 heavy (non-hydrogen) atoms. The summed E-state index contributed by atoms with van der Waals surface area (Å²) in [6.45, 7) is 4.16. The monoisotopic (exact) mass is 372 g/mol. The maximum Gasteiger partial charge on any atom is 0.185 e. The quantitative estimate of drug-likeness (QED) is 0.665. The summed E-state index contributed by atoms with van der Waals surface area (Å²) >= 11 is 5.40. The minimum atomic E-state index is -0.689. The first kappa shape index (κ1) is 17.1. The molecule has 0 saturated carbocycles. The SMILES string of the molecule is CC1(C)C[C@@]2(C[C@@H](c3ccc(F)cc3)c3ccc(O)cc3O2)NC(=S)N1. The van der Waals surface area contributed by atoms with E-state index in [1.54, 1.807) is 24.3 Å². The number of benzene rings is 2. The lowest BCUT2D eigenvalue weighted by Crippen LogP contribution is -2.69. The summed E-state index contributed by atoms with van der Waals surface area (Å²) in [6, 6.07) is 11.7. The summed E-state index contributed by atoms with van der Waals surface area (Å²) in [5.74, 6) is 0.515. The van der Waals surface area contributed by atoms with Gasteiger partial charge in [-0.3, -0.25) is 0 Å². The molecule has 136 valence electrons. The van der Waals surface area contributed by atoms with Gasteiger partial charge in [-0.15, -0.1) is 0 Å². The molecule has 0 unspecified atom stereocenters. The van der Waals surface area contributed by atoms with Gasteiger partial charge in [-0.1, -0.05) is 18.2 Å². The van der Waals surface area contributed by atoms with Crippen molar-refractivity contribution in [3.05, 3.63) is 59.4 Å². The van der Waals surface area contributed by atoms with Gasteiger partial charge < -0.3 is 20.5 Å². The summed E-state index contributed by atoms with van der Waals surface area (Å²) in [7, 11) is 0. The standard InChI is InChI=1S/C20H21FN2O2S/c1-19(2)11-20(23-18(26)22-19)10-16(12-3-5-13(21)6-4-12)15-8-7-14(24)9-17(15)25-20/h3-9,16,24H,10-11H2,1-2H3,(H2,22,23,26)/t16-,20-/m0/s1. The van der Waals surface area contributed by atoms with Gasteiger partial charge in [0.05, 0.1) is 0 Å². The number of halogens is 1. The predicted octanol–water partition coefficient (Wildman–Crippen LogP) is 3.79. The number of rotatable bonds is 1. The van der Waals surface area contributed by atoms with E-state index in [-0.39, 0.29) is 23.0 Å². The van der Waals surface area contributed by atoms with Gasteiger partial charge in [-0.25, -0.2) is 4.39 Å². The zero-order valence-electron chi connectivity index (χ0n) is 14.7. The van der Waals surface area contributed by atoms with Crippen LogP contribution in [0.15, 0.2) is 42.5 Å². The number of nitrogens with one attached hydrogen (secondary N) is 2. The highest BCUT2D eigenvalue weighted by atomic mass is 32.1. The fraction of sp³-hybridized carbons (Fsp3) is 0.350. The summed E-state index contributed by atoms with van der Waals surface area (Å²) in [5.41, 5.74) is 1.06. The van der Waals surface area contributed by atoms with Crippen LogP contribution in [0.25, 0.3) is 0 Å². The maximum absolute atomic E-state index is 13.4. The van der Waals surface area contributed by atoms with Crippen molar-refractivity contribution in [2.75, 3.05) is 0 Å². The molecule has 2 heterocycles. The van der Waals surface area contributed by atoms with Crippen LogP contribution in [0.2, 0.25) is 0 Å². The van der Waals surface area contributed by atoms with Crippen LogP contribution in [0, 0.1) is 5.82 Å². The molecule has 6 heteroatoms. The highest BCUT2D eigenvalue weighted by Crippen LogP contribution is 2.47. The minimum absolute atomic E-state index is 0.00384. The Morgan fingerprint density at radius 1 is 1.15 bits per heavy atom. The summed E-state index contributed by atoms with van der Waals surface area (Å²) in [4.78, 5) is 0. The first-order chi connectivity index (χ1) is 12.3. The van der Waals surface area contributed by atoms with E-state index >= 15 is 0 Å². The van der Waals surface area contributed by atoms with Crippen molar-refractivity contribution < 1.29 is 14.2 Å². The van der Waals surface area contributed by atoms with Crippen LogP contribution < -0.4 is 15.4 Å². The van der Waals surface area contributed by atoms with E-state index in [1.165, 1.54) is 12.1 Å². The molecule has 1 saturated heterocycles. The van der Waals surface area contributed by atoms with E-state index < -0.39 is 5.72 Å². The second-order valence-electron chi connectivity index (χ2n) is 7.77. The third kappa shape index (κ3) is 3.09. The van der Waals surface area contributed by atoms with Gasteiger partial charge in [-0.05, 0) is 49.8 Å². The topological polar surface area (TPSA) is 53.5 Å². The number of ether oxygens (including phenoxy) is 1. The van der Waals surface area contributed by atoms with Gasteiger partial charge in [-0.2, -0.15) is 0 Å². The first-order valence-electron chi connectivity index (χ1n) is 8.63. The van der Waals surface area contributed by atoms with Crippen molar-refractivity contribution in [3.8, 4) is 11.5 Å². The Kier molecular flexibility index (Phi) is 3.84. The largest absolute Gasteiger partial charge is 0.508 e. The average Bonchev–Trinajstić information content (AvgIpc) is 2.52. The molecule has 2 aliphatic rings. The number of phenols is 1. The fourth-order valence-electron chi connectivity index (χ4n) is 4.12. The number of fused-ring (bicyclic) bond motifs is 1. The third-order valence-electron chi connectivity index (χ3n) is 5.00. The smallest absolute Gasteiger partial charge is 0.185 e. The van der Waals surface area contributed by atoms with Crippen LogP contribution in [-0.2, 0) is 0 Å². The molecule has 4 rings (SSSR count). The molecule has 1 spiro atoms. The van der Waals surface area contributed by atoms with E-state index in [2.05, 4.69) is 24.5 Å². The first-order valence-corrected chi connectivity index (χ1v) is 9.04. The Balaban J connectivity index is 1.81. The molecule has 0 amide bonds. The molecule has 0 bridgehead atoms. The van der Waals surface area contributed by atoms with E-state index in [1.807, 2.05) is 6.07 Å². The Morgan fingerprint density at radius 2 is 1.88 bits per heavy atom. The molecule has 2 aliphatic heterocycles. The molecule has 2 aromatic carbocycles. The molecule has 2 atom stereocenters. The molecular weight excluding hydrogens is 351 g/mol. The van der Waals surface area contributed by atoms with Crippen LogP contribution in [0.4, 0.5) is 4.39 Å². The fourth-order valence-corrected chi connectivity index (χ4v) is 4.58. The van der Waals surface area contributed by atoms with Crippen LogP contribution >= 0.6 is 12.2 Å². The molecule has 4 nitrogen and oxygen atoms in total. The molecule has 0 radical (unpaired) electrons. The van der Waals surface area contributed by atoms with Gasteiger partial charge in [0.25, 0.3) is 0 Å². The lowest BCUT2D eigenvalue weighted by molar-refractivity contribution is -0.0128. The lowest BCUT2D eigenvalue weighted by atomic mass is 9.77. The van der Waals surface area contributed by atoms with Crippen molar-refractivity contribution >= 4 is 17.3 Å². The molecule has 2 aromatic rings. The highest BCUT2D eigenvalue weighted by Gasteiger charge is 2.48. The molecule has 0 aromatic heterocycles. The second kappa shape index (κ2) is 5.84. The van der Waals surface area contributed by atoms with Crippen LogP contribution in [-0.4, -0.2) is 21.5 Å². The highest BCUT2D eigenvalue weighted by molar-refractivity contribution is 7.80. The van der Waals surface area contributed by atoms with Gasteiger partial charge in [0.15, 0.2) is 10.8 Å². The van der Waals surface area contributed by atoms with Crippen molar-refractivity contribution in [1.82, 2.24) is 10.6 Å². The van der Waals surface area contributed by atoms with E-state index in [0.717, 1.165) is 11.1 Å². The molecule has 3 N–H and O–H groups in total. The predicted molar refractivity (Wildman–Crippen MR) is 102 cm³/mol. The summed E-state index contributed by atoms with van der Waals surface area (Å²) in [5, 5.41) is 17.0. The number of aromatic hydroxyl groups is 1. The Morgan fingerprint density at radius 3 is 2.58 bits per heavy atom. The third-order valence-corrected chi connectivity index (χ3v) is 5.21. The van der Waals surface area contributed by atoms with Crippen molar-refractivity contribution in [3.63, 3.8) is 0 Å². The van der Waals surface area contributed by atoms with Gasteiger partial charge in [0.2, 0.25) is 0 Å². The second-order valence-corrected chi connectivity index (χ2v) is 8.17. The number of hydrogen-bond acceptors (Lipinski definition) is 3. The van der Waals surface area contributed by atoms with Crippen molar-refractivity contribution in [1.29, 1.82) is 0 Å². The number of phenolic OH excluding ortho intramolecular Hbond substituents is 1. The summed E-state index contributed by atoms with van der Waals surface area (Å²) < 4.78 is 19.8. The Bertz CT molecular complexity index is 869. The normalized spacial score (nSPS) is 26.4. The van der Waals surface area contributed by atoms with Crippen LogP contribution in [0.5, 0.6) is 11.5 Å². The number of thiocarbonyl (C=S) groups is 1. The van der Waals surface area contributed by atoms with Gasteiger partial charge >= 0.3 is 0 Å². The van der Waals surface area contributed by atoms with Crippen molar-refractivity contribution in [2.24, 2.45) is 0 Å². The van der Waals surface area contributed by atoms with Gasteiger partial charge in [0, 0.05) is 35.9 Å². The summed E-state index contributed by atoms with van der Waals surface area (Å²) in [6.07, 6.45) is 1.34. The zero-order chi connectivity index (χ0) is 18.5. The van der Waals surface area contributed by atoms with E-state index in [0.29, 0.717) is 23.7 Å². The van der Waals surface area contributed by atoms with E-state index in [9.17, 15) is 9.50 Å². The Labute approximate surface area is 157 Å². The number of hydrogen-bond donors (Lipinski definition) is 3. The molecular formula is C20H21FN2O2S. The van der Waals surface area contributed by atoms with Gasteiger partial charge in [0.1, 0.15) is 17.3 Å². The lowest BCUT2D eigenvalue weighted by Gasteiger charge is -2.50. The Hall–Kier alpha value is -2.34. The van der Waals surface area contributed by atoms with Crippen molar-refractivity contribution in [2.45, 2.75) is 43.9 Å². The average molecular weight is 372 g/mol. The molecule has 0 aliphatic carbocycles. The zero-order valence-corrected chi connectivity index (χ0v) is 15.5. The van der Waals surface area contributed by atoms with Crippen LogP contribution in [0.1, 0.15) is 43.7 Å².